The van der Waals surface area contributed by atoms with E-state index in [-0.39, 0.29) is 17.7 Å². The van der Waals surface area contributed by atoms with Crippen molar-refractivity contribution >= 4 is 40.7 Å². The Hall–Kier alpha value is -2.04. The van der Waals surface area contributed by atoms with E-state index in [1.807, 2.05) is 12.1 Å². The van der Waals surface area contributed by atoms with Gasteiger partial charge in [0.25, 0.3) is 5.91 Å². The van der Waals surface area contributed by atoms with E-state index in [0.29, 0.717) is 35.1 Å². The van der Waals surface area contributed by atoms with Gasteiger partial charge in [-0.1, -0.05) is 23.2 Å². The van der Waals surface area contributed by atoms with E-state index in [4.69, 9.17) is 23.2 Å². The summed E-state index contributed by atoms with van der Waals surface area (Å²) in [6.45, 7) is 1.04. The van der Waals surface area contributed by atoms with Crippen LogP contribution in [0.15, 0.2) is 48.5 Å². The number of benzene rings is 2. The van der Waals surface area contributed by atoms with Crippen LogP contribution in [0, 0.1) is 5.92 Å². The third-order valence-corrected chi connectivity index (χ3v) is 4.51. The summed E-state index contributed by atoms with van der Waals surface area (Å²) in [6.07, 6.45) is 0.420. The van der Waals surface area contributed by atoms with Gasteiger partial charge in [-0.05, 0) is 48.5 Å². The predicted octanol–water partition coefficient (Wildman–Crippen LogP) is 3.78. The molecule has 0 aliphatic carbocycles. The predicted molar refractivity (Wildman–Crippen MR) is 95.7 cm³/mol. The van der Waals surface area contributed by atoms with Gasteiger partial charge in [-0.25, -0.2) is 0 Å². The lowest BCUT2D eigenvalue weighted by molar-refractivity contribution is -0.117. The molecule has 1 aliphatic rings. The molecule has 0 saturated carbocycles. The molecule has 24 heavy (non-hydrogen) atoms. The van der Waals surface area contributed by atoms with Gasteiger partial charge >= 0.3 is 0 Å². The van der Waals surface area contributed by atoms with E-state index in [2.05, 4.69) is 5.32 Å². The molecule has 1 aliphatic heterocycles. The van der Waals surface area contributed by atoms with Crippen LogP contribution < -0.4 is 10.2 Å². The van der Waals surface area contributed by atoms with E-state index >= 15 is 0 Å². The highest BCUT2D eigenvalue weighted by atomic mass is 35.5. The van der Waals surface area contributed by atoms with Crippen LogP contribution in [0.2, 0.25) is 10.0 Å². The summed E-state index contributed by atoms with van der Waals surface area (Å²) in [5, 5.41) is 4.11. The number of hydrogen-bond acceptors (Lipinski definition) is 2. The van der Waals surface area contributed by atoms with Crippen LogP contribution in [0.5, 0.6) is 0 Å². The summed E-state index contributed by atoms with van der Waals surface area (Å²) in [7, 11) is 0. The fourth-order valence-electron chi connectivity index (χ4n) is 2.73. The van der Waals surface area contributed by atoms with Crippen LogP contribution in [0.25, 0.3) is 0 Å². The van der Waals surface area contributed by atoms with Gasteiger partial charge in [0.2, 0.25) is 5.91 Å². The Balaban J connectivity index is 1.57. The Morgan fingerprint density at radius 1 is 1.04 bits per heavy atom. The number of carbonyl (C=O) groups is 2. The monoisotopic (exact) mass is 362 g/mol. The number of rotatable bonds is 4. The summed E-state index contributed by atoms with van der Waals surface area (Å²) in [6, 6.07) is 13.9. The minimum Gasteiger partial charge on any atom is -0.352 e. The lowest BCUT2D eigenvalue weighted by Gasteiger charge is -2.17. The second-order valence-corrected chi connectivity index (χ2v) is 6.64. The number of halogens is 2. The molecule has 0 radical (unpaired) electrons. The molecule has 0 bridgehead atoms. The van der Waals surface area contributed by atoms with E-state index < -0.39 is 0 Å². The zero-order valence-corrected chi connectivity index (χ0v) is 14.3. The molecule has 0 spiro atoms. The minimum atomic E-state index is -0.163. The molecule has 2 aromatic carbocycles. The Labute approximate surface area is 150 Å². The van der Waals surface area contributed by atoms with Crippen LogP contribution in [-0.4, -0.2) is 24.9 Å². The molecule has 1 N–H and O–H groups in total. The third kappa shape index (κ3) is 3.89. The first kappa shape index (κ1) is 16.8. The van der Waals surface area contributed by atoms with Crippen molar-refractivity contribution in [3.63, 3.8) is 0 Å². The van der Waals surface area contributed by atoms with Gasteiger partial charge in [0.05, 0.1) is 0 Å². The van der Waals surface area contributed by atoms with Crippen molar-refractivity contribution in [2.75, 3.05) is 18.0 Å². The van der Waals surface area contributed by atoms with Gasteiger partial charge < -0.3 is 10.2 Å². The first-order valence-electron chi connectivity index (χ1n) is 7.62. The summed E-state index contributed by atoms with van der Waals surface area (Å²) in [5.41, 5.74) is 1.38. The molecule has 6 heteroatoms. The molecule has 1 heterocycles. The normalized spacial score (nSPS) is 17.2. The fraction of sp³-hybridized carbons (Fsp3) is 0.222. The molecular weight excluding hydrogens is 347 g/mol. The highest BCUT2D eigenvalue weighted by Gasteiger charge is 2.30. The van der Waals surface area contributed by atoms with Crippen molar-refractivity contribution in [2.24, 2.45) is 5.92 Å². The second kappa shape index (κ2) is 7.24. The Bertz CT molecular complexity index is 745. The SMILES string of the molecule is O=C(NCC1CC(=O)N(c2ccc(Cl)cc2)C1)c1ccc(Cl)cc1. The van der Waals surface area contributed by atoms with Crippen LogP contribution in [0.4, 0.5) is 5.69 Å². The maximum Gasteiger partial charge on any atom is 0.251 e. The second-order valence-electron chi connectivity index (χ2n) is 5.77. The van der Waals surface area contributed by atoms with Crippen LogP contribution in [-0.2, 0) is 4.79 Å². The molecule has 2 aromatic rings. The molecule has 4 nitrogen and oxygen atoms in total. The summed E-state index contributed by atoms with van der Waals surface area (Å²) >= 11 is 11.7. The summed E-state index contributed by atoms with van der Waals surface area (Å²) in [5.74, 6) is -0.0171. The first-order chi connectivity index (χ1) is 11.5. The van der Waals surface area contributed by atoms with Gasteiger partial charge in [-0.2, -0.15) is 0 Å². The van der Waals surface area contributed by atoms with E-state index in [1.165, 1.54) is 0 Å². The highest BCUT2D eigenvalue weighted by molar-refractivity contribution is 6.31. The molecule has 0 aromatic heterocycles. The zero-order chi connectivity index (χ0) is 17.1. The number of nitrogens with one attached hydrogen (secondary N) is 1. The van der Waals surface area contributed by atoms with Gasteiger partial charge in [0.1, 0.15) is 0 Å². The van der Waals surface area contributed by atoms with Crippen molar-refractivity contribution in [2.45, 2.75) is 6.42 Å². The zero-order valence-electron chi connectivity index (χ0n) is 12.8. The number of nitrogens with zero attached hydrogens (tertiary/aromatic N) is 1. The Morgan fingerprint density at radius 3 is 2.25 bits per heavy atom. The van der Waals surface area contributed by atoms with Crippen LogP contribution >= 0.6 is 23.2 Å². The van der Waals surface area contributed by atoms with Gasteiger partial charge in [0.15, 0.2) is 0 Å². The average molecular weight is 363 g/mol. The van der Waals surface area contributed by atoms with Gasteiger partial charge in [-0.3, -0.25) is 9.59 Å². The van der Waals surface area contributed by atoms with Gasteiger partial charge in [0, 0.05) is 46.7 Å². The minimum absolute atomic E-state index is 0.0584. The lowest BCUT2D eigenvalue weighted by Crippen LogP contribution is -2.31. The van der Waals surface area contributed by atoms with E-state index in [1.54, 1.807) is 41.3 Å². The van der Waals surface area contributed by atoms with Crippen LogP contribution in [0.1, 0.15) is 16.8 Å². The van der Waals surface area contributed by atoms with Crippen molar-refractivity contribution in [3.05, 3.63) is 64.1 Å². The van der Waals surface area contributed by atoms with Crippen molar-refractivity contribution in [3.8, 4) is 0 Å². The largest absolute Gasteiger partial charge is 0.352 e. The molecule has 1 fully saturated rings. The third-order valence-electron chi connectivity index (χ3n) is 4.00. The highest BCUT2D eigenvalue weighted by Crippen LogP contribution is 2.26. The summed E-state index contributed by atoms with van der Waals surface area (Å²) < 4.78 is 0. The number of hydrogen-bond donors (Lipinski definition) is 1. The molecule has 1 unspecified atom stereocenters. The number of anilines is 1. The van der Waals surface area contributed by atoms with Crippen molar-refractivity contribution < 1.29 is 9.59 Å². The Kier molecular flexibility index (Phi) is 5.07. The lowest BCUT2D eigenvalue weighted by atomic mass is 10.1. The first-order valence-corrected chi connectivity index (χ1v) is 8.38. The standard InChI is InChI=1S/C18H16Cl2N2O2/c19-14-3-1-13(2-4-14)18(24)21-10-12-9-17(23)22(11-12)16-7-5-15(20)6-8-16/h1-8,12H,9-11H2,(H,21,24). The maximum absolute atomic E-state index is 12.2. The number of amides is 2. The van der Waals surface area contributed by atoms with Crippen molar-refractivity contribution in [1.82, 2.24) is 5.32 Å². The molecule has 3 rings (SSSR count). The molecular formula is C18H16Cl2N2O2. The topological polar surface area (TPSA) is 49.4 Å². The summed E-state index contributed by atoms with van der Waals surface area (Å²) in [4.78, 5) is 26.0. The number of carbonyl (C=O) groups excluding carboxylic acids is 2. The molecule has 1 saturated heterocycles. The maximum atomic E-state index is 12.2. The van der Waals surface area contributed by atoms with E-state index in [0.717, 1.165) is 5.69 Å². The fourth-order valence-corrected chi connectivity index (χ4v) is 2.98. The smallest absolute Gasteiger partial charge is 0.251 e. The quantitative estimate of drug-likeness (QED) is 0.899. The molecule has 1 atom stereocenters. The van der Waals surface area contributed by atoms with Crippen LogP contribution in [0.3, 0.4) is 0 Å². The van der Waals surface area contributed by atoms with Gasteiger partial charge in [-0.15, -0.1) is 0 Å². The molecule has 2 amide bonds. The van der Waals surface area contributed by atoms with E-state index in [9.17, 15) is 9.59 Å². The molecule has 124 valence electrons. The average Bonchev–Trinajstić information content (AvgIpc) is 2.95. The Morgan fingerprint density at radius 2 is 1.62 bits per heavy atom. The van der Waals surface area contributed by atoms with Crippen molar-refractivity contribution in [1.29, 1.82) is 0 Å².